The van der Waals surface area contributed by atoms with E-state index in [0.29, 0.717) is 5.56 Å². The number of aliphatic hydroxyl groups excluding tert-OH is 1. The number of aromatic hydroxyl groups is 1. The van der Waals surface area contributed by atoms with Gasteiger partial charge in [-0.25, -0.2) is 4.79 Å². The fraction of sp³-hybridized carbons (Fsp3) is 0.500. The summed E-state index contributed by atoms with van der Waals surface area (Å²) in [6, 6.07) is 1.62. The Kier molecular flexibility index (Phi) is 3.57. The van der Waals surface area contributed by atoms with Crippen molar-refractivity contribution in [2.24, 2.45) is 0 Å². The van der Waals surface area contributed by atoms with E-state index in [0.717, 1.165) is 42.4 Å². The first-order chi connectivity index (χ1) is 8.56. The molecule has 18 heavy (non-hydrogen) atoms. The molecule has 0 heterocycles. The van der Waals surface area contributed by atoms with Crippen LogP contribution in [0.3, 0.4) is 0 Å². The Labute approximate surface area is 106 Å². The van der Waals surface area contributed by atoms with E-state index in [1.807, 2.05) is 6.92 Å². The van der Waals surface area contributed by atoms with Crippen molar-refractivity contribution in [1.82, 2.24) is 0 Å². The van der Waals surface area contributed by atoms with Gasteiger partial charge < -0.3 is 14.9 Å². The average Bonchev–Trinajstić information content (AvgIpc) is 2.37. The Balaban J connectivity index is 2.56. The molecule has 98 valence electrons. The number of carbonyl (C=O) groups is 1. The number of esters is 1. The van der Waals surface area contributed by atoms with Gasteiger partial charge in [-0.15, -0.1) is 0 Å². The molecule has 0 amide bonds. The summed E-state index contributed by atoms with van der Waals surface area (Å²) in [4.78, 5) is 11.5. The zero-order chi connectivity index (χ0) is 13.3. The van der Waals surface area contributed by atoms with E-state index in [4.69, 9.17) is 0 Å². The first kappa shape index (κ1) is 12.9. The molecule has 2 rings (SSSR count). The Hall–Kier alpha value is -1.55. The molecule has 1 unspecified atom stereocenters. The second-order valence-corrected chi connectivity index (χ2v) is 4.72. The Morgan fingerprint density at radius 1 is 1.33 bits per heavy atom. The lowest BCUT2D eigenvalue weighted by molar-refractivity contribution is -0.150. The van der Waals surface area contributed by atoms with Crippen LogP contribution in [0, 0.1) is 6.92 Å². The van der Waals surface area contributed by atoms with E-state index < -0.39 is 12.1 Å². The number of ether oxygens (including phenoxy) is 1. The van der Waals surface area contributed by atoms with Crippen molar-refractivity contribution in [3.8, 4) is 5.75 Å². The second kappa shape index (κ2) is 4.98. The van der Waals surface area contributed by atoms with Gasteiger partial charge in [0.25, 0.3) is 0 Å². The molecule has 0 aromatic heterocycles. The van der Waals surface area contributed by atoms with E-state index in [1.54, 1.807) is 6.07 Å². The van der Waals surface area contributed by atoms with Gasteiger partial charge in [-0.05, 0) is 55.4 Å². The van der Waals surface area contributed by atoms with E-state index >= 15 is 0 Å². The molecule has 0 fully saturated rings. The minimum atomic E-state index is -1.40. The maximum atomic E-state index is 11.5. The van der Waals surface area contributed by atoms with E-state index in [-0.39, 0.29) is 5.75 Å². The SMILES string of the molecule is COC(=O)C(O)c1c(O)cc(C)c2c1CCCC2. The van der Waals surface area contributed by atoms with Gasteiger partial charge in [-0.1, -0.05) is 0 Å². The third-order valence-electron chi connectivity index (χ3n) is 3.60. The molecule has 0 bridgehead atoms. The normalized spacial score (nSPS) is 15.9. The molecule has 2 N–H and O–H groups in total. The van der Waals surface area contributed by atoms with Crippen molar-refractivity contribution in [2.45, 2.75) is 38.7 Å². The average molecular weight is 250 g/mol. The molecule has 4 heteroatoms. The van der Waals surface area contributed by atoms with Crippen LogP contribution < -0.4 is 0 Å². The first-order valence-corrected chi connectivity index (χ1v) is 6.16. The summed E-state index contributed by atoms with van der Waals surface area (Å²) in [5.74, 6) is -0.757. The van der Waals surface area contributed by atoms with Crippen LogP contribution >= 0.6 is 0 Å². The largest absolute Gasteiger partial charge is 0.508 e. The smallest absolute Gasteiger partial charge is 0.339 e. The zero-order valence-corrected chi connectivity index (χ0v) is 10.7. The Morgan fingerprint density at radius 2 is 1.94 bits per heavy atom. The van der Waals surface area contributed by atoms with Gasteiger partial charge in [0.2, 0.25) is 0 Å². The molecule has 1 aliphatic rings. The number of benzene rings is 1. The van der Waals surface area contributed by atoms with Gasteiger partial charge in [0.15, 0.2) is 6.10 Å². The van der Waals surface area contributed by atoms with Crippen LogP contribution in [0.4, 0.5) is 0 Å². The maximum absolute atomic E-state index is 11.5. The zero-order valence-electron chi connectivity index (χ0n) is 10.7. The van der Waals surface area contributed by atoms with Crippen LogP contribution in [0.25, 0.3) is 0 Å². The third-order valence-corrected chi connectivity index (χ3v) is 3.60. The Morgan fingerprint density at radius 3 is 2.56 bits per heavy atom. The highest BCUT2D eigenvalue weighted by molar-refractivity contribution is 5.78. The van der Waals surface area contributed by atoms with Crippen molar-refractivity contribution in [3.05, 3.63) is 28.3 Å². The van der Waals surface area contributed by atoms with Crippen molar-refractivity contribution in [1.29, 1.82) is 0 Å². The van der Waals surface area contributed by atoms with Gasteiger partial charge >= 0.3 is 5.97 Å². The van der Waals surface area contributed by atoms with Crippen LogP contribution in [0.2, 0.25) is 0 Å². The van der Waals surface area contributed by atoms with Crippen molar-refractivity contribution >= 4 is 5.97 Å². The highest BCUT2D eigenvalue weighted by Crippen LogP contribution is 2.37. The first-order valence-electron chi connectivity index (χ1n) is 6.16. The summed E-state index contributed by atoms with van der Waals surface area (Å²) in [5, 5.41) is 20.0. The lowest BCUT2D eigenvalue weighted by Crippen LogP contribution is -2.18. The number of rotatable bonds is 2. The molecule has 0 radical (unpaired) electrons. The van der Waals surface area contributed by atoms with Crippen LogP contribution in [0.15, 0.2) is 6.07 Å². The number of phenolic OH excluding ortho intramolecular Hbond substituents is 1. The quantitative estimate of drug-likeness (QED) is 0.785. The van der Waals surface area contributed by atoms with Crippen molar-refractivity contribution in [3.63, 3.8) is 0 Å². The summed E-state index contributed by atoms with van der Waals surface area (Å²) in [5.41, 5.74) is 3.40. The number of hydrogen-bond acceptors (Lipinski definition) is 4. The van der Waals surface area contributed by atoms with Crippen molar-refractivity contribution in [2.75, 3.05) is 7.11 Å². The topological polar surface area (TPSA) is 66.8 Å². The molecule has 1 atom stereocenters. The van der Waals surface area contributed by atoms with Gasteiger partial charge in [-0.2, -0.15) is 0 Å². The highest BCUT2D eigenvalue weighted by Gasteiger charge is 2.28. The molecule has 1 aliphatic carbocycles. The molecule has 1 aromatic rings. The number of methoxy groups -OCH3 is 1. The molecular weight excluding hydrogens is 232 g/mol. The highest BCUT2D eigenvalue weighted by atomic mass is 16.5. The lowest BCUT2D eigenvalue weighted by atomic mass is 9.83. The fourth-order valence-corrected chi connectivity index (χ4v) is 2.70. The summed E-state index contributed by atoms with van der Waals surface area (Å²) < 4.78 is 4.54. The number of aryl methyl sites for hydroxylation is 1. The summed E-state index contributed by atoms with van der Waals surface area (Å²) >= 11 is 0. The summed E-state index contributed by atoms with van der Waals surface area (Å²) in [6.07, 6.45) is 2.43. The number of phenols is 1. The van der Waals surface area contributed by atoms with Gasteiger partial charge in [0.05, 0.1) is 7.11 Å². The van der Waals surface area contributed by atoms with Crippen LogP contribution in [-0.4, -0.2) is 23.3 Å². The fourth-order valence-electron chi connectivity index (χ4n) is 2.70. The van der Waals surface area contributed by atoms with Gasteiger partial charge in [-0.3, -0.25) is 0 Å². The van der Waals surface area contributed by atoms with E-state index in [9.17, 15) is 15.0 Å². The predicted octanol–water partition coefficient (Wildman–Crippen LogP) is 1.79. The molecule has 0 saturated heterocycles. The molecule has 0 aliphatic heterocycles. The summed E-state index contributed by atoms with van der Waals surface area (Å²) in [7, 11) is 1.23. The number of hydrogen-bond donors (Lipinski definition) is 2. The minimum absolute atomic E-state index is 0.0222. The lowest BCUT2D eigenvalue weighted by Gasteiger charge is -2.24. The number of aliphatic hydroxyl groups is 1. The molecule has 1 aromatic carbocycles. The van der Waals surface area contributed by atoms with Gasteiger partial charge in [0, 0.05) is 5.56 Å². The molecule has 0 spiro atoms. The predicted molar refractivity (Wildman–Crippen MR) is 66.5 cm³/mol. The van der Waals surface area contributed by atoms with Gasteiger partial charge in [0.1, 0.15) is 5.75 Å². The molecule has 0 saturated carbocycles. The second-order valence-electron chi connectivity index (χ2n) is 4.72. The monoisotopic (exact) mass is 250 g/mol. The number of fused-ring (bicyclic) bond motifs is 1. The molecule has 4 nitrogen and oxygen atoms in total. The van der Waals surface area contributed by atoms with Crippen LogP contribution in [0.1, 0.15) is 41.2 Å². The van der Waals surface area contributed by atoms with Crippen LogP contribution in [-0.2, 0) is 22.4 Å². The van der Waals surface area contributed by atoms with E-state index in [1.165, 1.54) is 7.11 Å². The number of carbonyl (C=O) groups excluding carboxylic acids is 1. The standard InChI is InChI=1S/C14H18O4/c1-8-7-11(15)12(13(16)14(17)18-2)10-6-4-3-5-9(8)10/h7,13,15-16H,3-6H2,1-2H3. The van der Waals surface area contributed by atoms with Crippen molar-refractivity contribution < 1.29 is 19.7 Å². The summed E-state index contributed by atoms with van der Waals surface area (Å²) in [6.45, 7) is 1.94. The van der Waals surface area contributed by atoms with E-state index in [2.05, 4.69) is 4.74 Å². The Bertz CT molecular complexity index is 479. The minimum Gasteiger partial charge on any atom is -0.508 e. The maximum Gasteiger partial charge on any atom is 0.339 e. The van der Waals surface area contributed by atoms with Crippen LogP contribution in [0.5, 0.6) is 5.75 Å². The molecular formula is C14H18O4. The third kappa shape index (κ3) is 2.08.